The molecule has 0 spiro atoms. The lowest BCUT2D eigenvalue weighted by atomic mass is 9.98. The van der Waals surface area contributed by atoms with Gasteiger partial charge in [0.2, 0.25) is 0 Å². The zero-order valence-electron chi connectivity index (χ0n) is 30.5. The number of nitrogens with two attached hydrogens (primary N) is 1. The van der Waals surface area contributed by atoms with Crippen molar-refractivity contribution in [2.75, 3.05) is 6.61 Å². The molecule has 0 saturated carbocycles. The molecule has 262 valence electrons. The van der Waals surface area contributed by atoms with Crippen molar-refractivity contribution in [3.63, 3.8) is 0 Å². The Morgan fingerprint density at radius 2 is 0.933 bits per heavy atom. The lowest BCUT2D eigenvalue weighted by Gasteiger charge is -2.29. The maximum Gasteiger partial charge on any atom is 0.168 e. The van der Waals surface area contributed by atoms with Crippen LogP contribution in [0.15, 0.2) is 48.6 Å². The Labute approximate surface area is 282 Å². The molecule has 1 aliphatic heterocycles. The Hall–Kier alpha value is -1.16. The van der Waals surface area contributed by atoms with E-state index in [1.54, 1.807) is 0 Å². The fraction of sp³-hybridized carbons (Fsp3) is 0.810. The quantitative estimate of drug-likeness (QED) is 0.0596. The predicted molar refractivity (Wildman–Crippen MR) is 200 cm³/mol. The topological polar surface area (TPSA) is 44.5 Å². The second-order valence-electron chi connectivity index (χ2n) is 13.8. The van der Waals surface area contributed by atoms with Crippen LogP contribution in [0.1, 0.15) is 194 Å². The lowest BCUT2D eigenvalue weighted by molar-refractivity contribution is -0.180. The van der Waals surface area contributed by atoms with Gasteiger partial charge in [-0.25, -0.2) is 0 Å². The molecule has 2 atom stereocenters. The van der Waals surface area contributed by atoms with Crippen molar-refractivity contribution in [1.29, 1.82) is 0 Å². The zero-order chi connectivity index (χ0) is 32.5. The highest BCUT2D eigenvalue weighted by Gasteiger charge is 2.40. The molecule has 1 heterocycles. The van der Waals surface area contributed by atoms with Crippen LogP contribution in [0.2, 0.25) is 0 Å². The molecule has 1 rings (SSSR count). The Kier molecular flexibility index (Phi) is 29.2. The van der Waals surface area contributed by atoms with Crippen molar-refractivity contribution < 1.29 is 9.47 Å². The van der Waals surface area contributed by atoms with Crippen LogP contribution < -0.4 is 5.73 Å². The van der Waals surface area contributed by atoms with Gasteiger partial charge < -0.3 is 15.2 Å². The molecule has 0 aromatic heterocycles. The summed E-state index contributed by atoms with van der Waals surface area (Å²) >= 11 is 0. The van der Waals surface area contributed by atoms with Gasteiger partial charge in [0, 0.05) is 18.9 Å². The minimum absolute atomic E-state index is 0.165. The van der Waals surface area contributed by atoms with Crippen LogP contribution in [0, 0.1) is 0 Å². The van der Waals surface area contributed by atoms with Gasteiger partial charge in [-0.3, -0.25) is 0 Å². The zero-order valence-corrected chi connectivity index (χ0v) is 30.5. The number of allylic oxidation sites excluding steroid dienone is 8. The van der Waals surface area contributed by atoms with Gasteiger partial charge in [0.1, 0.15) is 0 Å². The van der Waals surface area contributed by atoms with Crippen LogP contribution in [0.25, 0.3) is 0 Å². The summed E-state index contributed by atoms with van der Waals surface area (Å²) in [6.07, 6.45) is 52.7. The normalized spacial score (nSPS) is 17.6. The minimum Gasteiger partial charge on any atom is -0.347 e. The monoisotopic (exact) mass is 628 g/mol. The fourth-order valence-electron chi connectivity index (χ4n) is 6.30. The van der Waals surface area contributed by atoms with Gasteiger partial charge in [-0.05, 0) is 90.4 Å². The van der Waals surface area contributed by atoms with E-state index in [2.05, 4.69) is 69.4 Å². The van der Waals surface area contributed by atoms with E-state index in [0.717, 1.165) is 32.1 Å². The van der Waals surface area contributed by atoms with Crippen LogP contribution in [-0.4, -0.2) is 24.5 Å². The molecule has 1 fully saturated rings. The molecule has 2 unspecified atom stereocenters. The van der Waals surface area contributed by atoms with Crippen LogP contribution in [0.5, 0.6) is 0 Å². The third-order valence-electron chi connectivity index (χ3n) is 9.07. The van der Waals surface area contributed by atoms with Crippen LogP contribution >= 0.6 is 0 Å². The van der Waals surface area contributed by atoms with Gasteiger partial charge in [-0.2, -0.15) is 0 Å². The Morgan fingerprint density at radius 3 is 1.33 bits per heavy atom. The molecular weight excluding hydrogens is 550 g/mol. The minimum atomic E-state index is -0.357. The van der Waals surface area contributed by atoms with E-state index in [-0.39, 0.29) is 17.9 Å². The van der Waals surface area contributed by atoms with Crippen molar-refractivity contribution in [3.05, 3.63) is 48.6 Å². The van der Waals surface area contributed by atoms with Crippen LogP contribution in [-0.2, 0) is 9.47 Å². The van der Waals surface area contributed by atoms with Crippen LogP contribution in [0.4, 0.5) is 0 Å². The molecule has 1 aliphatic rings. The molecule has 0 aromatic rings. The second-order valence-corrected chi connectivity index (χ2v) is 13.8. The third kappa shape index (κ3) is 26.6. The summed E-state index contributed by atoms with van der Waals surface area (Å²) in [6.45, 7) is 7.32. The van der Waals surface area contributed by atoms with E-state index in [1.165, 1.54) is 141 Å². The summed E-state index contributed by atoms with van der Waals surface area (Å²) in [7, 11) is 0. The second kappa shape index (κ2) is 31.4. The van der Waals surface area contributed by atoms with E-state index in [9.17, 15) is 0 Å². The number of rotatable bonds is 32. The van der Waals surface area contributed by atoms with E-state index in [0.29, 0.717) is 6.61 Å². The van der Waals surface area contributed by atoms with Crippen molar-refractivity contribution in [1.82, 2.24) is 0 Å². The molecule has 2 N–H and O–H groups in total. The summed E-state index contributed by atoms with van der Waals surface area (Å²) in [6, 6.07) is 0.165. The largest absolute Gasteiger partial charge is 0.347 e. The van der Waals surface area contributed by atoms with Crippen LogP contribution in [0.3, 0.4) is 0 Å². The maximum absolute atomic E-state index is 6.58. The molecule has 3 heteroatoms. The Morgan fingerprint density at radius 1 is 0.556 bits per heavy atom. The third-order valence-corrected chi connectivity index (χ3v) is 9.07. The van der Waals surface area contributed by atoms with Gasteiger partial charge in [-0.15, -0.1) is 0 Å². The average Bonchev–Trinajstić information content (AvgIpc) is 3.42. The molecule has 1 saturated heterocycles. The Bertz CT molecular complexity index is 689. The highest BCUT2D eigenvalue weighted by atomic mass is 16.7. The number of ether oxygens (including phenoxy) is 2. The molecule has 0 aliphatic carbocycles. The molecule has 0 radical (unpaired) electrons. The van der Waals surface area contributed by atoms with Gasteiger partial charge in [0.25, 0.3) is 0 Å². The molecule has 3 nitrogen and oxygen atoms in total. The first-order valence-corrected chi connectivity index (χ1v) is 19.8. The number of hydrogen-bond donors (Lipinski definition) is 1. The summed E-state index contributed by atoms with van der Waals surface area (Å²) in [5.41, 5.74) is 6.09. The molecule has 0 amide bonds. The summed E-state index contributed by atoms with van der Waals surface area (Å²) < 4.78 is 13.0. The Balaban J connectivity index is 2.13. The van der Waals surface area contributed by atoms with E-state index in [1.807, 2.05) is 0 Å². The fourth-order valence-corrected chi connectivity index (χ4v) is 6.30. The number of hydrogen-bond acceptors (Lipinski definition) is 3. The first-order valence-electron chi connectivity index (χ1n) is 19.8. The summed E-state index contributed by atoms with van der Waals surface area (Å²) in [5.74, 6) is -0.357. The smallest absolute Gasteiger partial charge is 0.168 e. The lowest BCUT2D eigenvalue weighted by Crippen LogP contribution is -2.32. The summed E-state index contributed by atoms with van der Waals surface area (Å²) in [4.78, 5) is 0. The van der Waals surface area contributed by atoms with Crippen molar-refractivity contribution in [2.24, 2.45) is 5.73 Å². The first-order chi connectivity index (χ1) is 22.1. The standard InChI is InChI=1S/C42H77NO2/c1-4-6-8-10-12-14-16-18-20-22-24-26-28-30-32-34-36-42(44-39-41(45-42)38-40(3)43)37-35-33-31-29-27-25-23-21-19-17-15-13-11-9-7-5-2/h12-15,18-21,40-41H,4-11,16-17,22-39,43H2,1-3H3/b14-12-,15-13-,20-18-,21-19-. The van der Waals surface area contributed by atoms with Gasteiger partial charge in [0.05, 0.1) is 12.7 Å². The van der Waals surface area contributed by atoms with E-state index in [4.69, 9.17) is 15.2 Å². The number of unbranched alkanes of at least 4 members (excludes halogenated alkanes) is 18. The van der Waals surface area contributed by atoms with Crippen molar-refractivity contribution in [3.8, 4) is 0 Å². The van der Waals surface area contributed by atoms with Gasteiger partial charge in [0.15, 0.2) is 5.79 Å². The SMILES string of the molecule is CCCCC/C=C\C/C=C\CCCCCCCCC1(CCCCCCCC/C=C\C/C=C\CCCCC)OCC(CC(C)N)O1. The molecular formula is C42H77NO2. The van der Waals surface area contributed by atoms with Gasteiger partial charge in [-0.1, -0.05) is 140 Å². The maximum atomic E-state index is 6.58. The first kappa shape index (κ1) is 41.9. The summed E-state index contributed by atoms with van der Waals surface area (Å²) in [5, 5.41) is 0. The predicted octanol–water partition coefficient (Wildman–Crippen LogP) is 13.2. The van der Waals surface area contributed by atoms with Crippen molar-refractivity contribution >= 4 is 0 Å². The van der Waals surface area contributed by atoms with Gasteiger partial charge >= 0.3 is 0 Å². The van der Waals surface area contributed by atoms with Crippen molar-refractivity contribution in [2.45, 2.75) is 212 Å². The van der Waals surface area contributed by atoms with E-state index >= 15 is 0 Å². The average molecular weight is 628 g/mol. The molecule has 0 aromatic carbocycles. The highest BCUT2D eigenvalue weighted by Crippen LogP contribution is 2.36. The van der Waals surface area contributed by atoms with E-state index < -0.39 is 0 Å². The molecule has 0 bridgehead atoms. The highest BCUT2D eigenvalue weighted by molar-refractivity contribution is 4.93. The molecule has 45 heavy (non-hydrogen) atoms.